The zero-order valence-electron chi connectivity index (χ0n) is 13.8. The average Bonchev–Trinajstić information content (AvgIpc) is 3.04. The number of amides is 3. The fourth-order valence-electron chi connectivity index (χ4n) is 2.68. The second kappa shape index (κ2) is 8.29. The summed E-state index contributed by atoms with van der Waals surface area (Å²) in [5.41, 5.74) is 5.65. The second-order valence-corrected chi connectivity index (χ2v) is 7.68. The van der Waals surface area contributed by atoms with Crippen LogP contribution in [0.2, 0.25) is 10.0 Å². The molecule has 1 fully saturated rings. The zero-order valence-corrected chi connectivity index (χ0v) is 16.9. The van der Waals surface area contributed by atoms with Gasteiger partial charge in [0.2, 0.25) is 11.8 Å². The van der Waals surface area contributed by atoms with Crippen LogP contribution in [0.5, 0.6) is 0 Å². The first-order chi connectivity index (χ1) is 12.8. The fraction of sp³-hybridized carbons (Fsp3) is 0.167. The molecule has 1 heterocycles. The largest absolute Gasteiger partial charge is 0.312 e. The van der Waals surface area contributed by atoms with Gasteiger partial charge < -0.3 is 4.90 Å². The van der Waals surface area contributed by atoms with Crippen LogP contribution in [0, 0.1) is 5.92 Å². The molecule has 6 nitrogen and oxygen atoms in total. The van der Waals surface area contributed by atoms with Gasteiger partial charge in [-0.1, -0.05) is 39.1 Å². The fourth-order valence-corrected chi connectivity index (χ4v) is 3.25. The summed E-state index contributed by atoms with van der Waals surface area (Å²) in [7, 11) is 0. The van der Waals surface area contributed by atoms with E-state index in [2.05, 4.69) is 26.8 Å². The minimum Gasteiger partial charge on any atom is -0.312 e. The second-order valence-electron chi connectivity index (χ2n) is 5.95. The molecule has 1 aliphatic rings. The van der Waals surface area contributed by atoms with Gasteiger partial charge in [-0.25, -0.2) is 0 Å². The van der Waals surface area contributed by atoms with Gasteiger partial charge in [-0.3, -0.25) is 25.2 Å². The van der Waals surface area contributed by atoms with Crippen molar-refractivity contribution < 1.29 is 14.4 Å². The summed E-state index contributed by atoms with van der Waals surface area (Å²) in [6.45, 7) is 0.245. The van der Waals surface area contributed by atoms with Gasteiger partial charge >= 0.3 is 0 Å². The Hall–Kier alpha value is -2.09. The Bertz CT molecular complexity index is 905. The molecule has 1 atom stereocenters. The summed E-state index contributed by atoms with van der Waals surface area (Å²) in [6, 6.07) is 11.6. The summed E-state index contributed by atoms with van der Waals surface area (Å²) >= 11 is 15.0. The molecule has 140 valence electrons. The van der Waals surface area contributed by atoms with Crippen molar-refractivity contribution >= 4 is 62.5 Å². The van der Waals surface area contributed by atoms with Crippen LogP contribution in [0.1, 0.15) is 16.8 Å². The topological polar surface area (TPSA) is 78.5 Å². The maximum absolute atomic E-state index is 12.3. The van der Waals surface area contributed by atoms with E-state index in [9.17, 15) is 14.4 Å². The van der Waals surface area contributed by atoms with Gasteiger partial charge in [0.1, 0.15) is 0 Å². The molecule has 0 spiro atoms. The average molecular weight is 471 g/mol. The molecule has 0 bridgehead atoms. The maximum Gasteiger partial charge on any atom is 0.269 e. The summed E-state index contributed by atoms with van der Waals surface area (Å²) in [5.74, 6) is -1.67. The molecule has 27 heavy (non-hydrogen) atoms. The minimum absolute atomic E-state index is 0.0739. The number of hydrogen-bond acceptors (Lipinski definition) is 3. The van der Waals surface area contributed by atoms with Crippen LogP contribution in [0.25, 0.3) is 0 Å². The molecule has 2 aromatic rings. The van der Waals surface area contributed by atoms with E-state index in [1.165, 1.54) is 18.2 Å². The van der Waals surface area contributed by atoms with E-state index in [4.69, 9.17) is 23.2 Å². The van der Waals surface area contributed by atoms with E-state index in [0.29, 0.717) is 5.02 Å². The van der Waals surface area contributed by atoms with E-state index in [-0.39, 0.29) is 29.5 Å². The van der Waals surface area contributed by atoms with E-state index >= 15 is 0 Å². The third-order valence-corrected chi connectivity index (χ3v) is 5.38. The van der Waals surface area contributed by atoms with Crippen LogP contribution >= 0.6 is 39.1 Å². The van der Waals surface area contributed by atoms with Crippen molar-refractivity contribution in [3.8, 4) is 0 Å². The van der Waals surface area contributed by atoms with Crippen molar-refractivity contribution in [3.05, 3.63) is 62.5 Å². The molecule has 0 aromatic heterocycles. The maximum atomic E-state index is 12.3. The van der Waals surface area contributed by atoms with Crippen molar-refractivity contribution in [3.63, 3.8) is 0 Å². The number of anilines is 1. The third kappa shape index (κ3) is 4.61. The van der Waals surface area contributed by atoms with Crippen molar-refractivity contribution in [2.45, 2.75) is 6.42 Å². The predicted octanol–water partition coefficient (Wildman–Crippen LogP) is 3.57. The molecular formula is C18H14BrCl2N3O3. The number of halogens is 3. The van der Waals surface area contributed by atoms with E-state index in [1.54, 1.807) is 17.0 Å². The van der Waals surface area contributed by atoms with Crippen molar-refractivity contribution in [1.29, 1.82) is 0 Å². The number of nitrogens with zero attached hydrogens (tertiary/aromatic N) is 1. The highest BCUT2D eigenvalue weighted by atomic mass is 79.9. The number of hydrogen-bond donors (Lipinski definition) is 2. The third-order valence-electron chi connectivity index (χ3n) is 4.12. The zero-order chi connectivity index (χ0) is 19.6. The Kier molecular flexibility index (Phi) is 6.04. The molecule has 1 saturated heterocycles. The van der Waals surface area contributed by atoms with Crippen LogP contribution in [0.4, 0.5) is 5.69 Å². The van der Waals surface area contributed by atoms with Crippen LogP contribution < -0.4 is 15.8 Å². The monoisotopic (exact) mass is 469 g/mol. The van der Waals surface area contributed by atoms with Crippen LogP contribution in [-0.4, -0.2) is 24.3 Å². The molecule has 1 aliphatic heterocycles. The number of hydrazine groups is 1. The first kappa shape index (κ1) is 19.7. The normalized spacial score (nSPS) is 16.3. The lowest BCUT2D eigenvalue weighted by Crippen LogP contribution is -2.45. The molecule has 2 aromatic carbocycles. The molecular weight excluding hydrogens is 457 g/mol. The molecule has 0 unspecified atom stereocenters. The summed E-state index contributed by atoms with van der Waals surface area (Å²) < 4.78 is 0.900. The Morgan fingerprint density at radius 1 is 1.04 bits per heavy atom. The van der Waals surface area contributed by atoms with Gasteiger partial charge in [0, 0.05) is 28.7 Å². The highest BCUT2D eigenvalue weighted by Crippen LogP contribution is 2.26. The van der Waals surface area contributed by atoms with E-state index in [0.717, 1.165) is 10.2 Å². The Balaban J connectivity index is 1.58. The van der Waals surface area contributed by atoms with Gasteiger partial charge in [-0.05, 0) is 42.5 Å². The molecule has 2 N–H and O–H groups in total. The van der Waals surface area contributed by atoms with E-state index in [1.807, 2.05) is 12.1 Å². The first-order valence-corrected chi connectivity index (χ1v) is 9.51. The lowest BCUT2D eigenvalue weighted by molar-refractivity contribution is -0.126. The number of benzene rings is 2. The number of nitrogens with one attached hydrogen (secondary N) is 2. The van der Waals surface area contributed by atoms with Crippen LogP contribution in [0.3, 0.4) is 0 Å². The van der Waals surface area contributed by atoms with Gasteiger partial charge in [0.05, 0.1) is 16.0 Å². The Labute approximate surface area is 173 Å². The highest BCUT2D eigenvalue weighted by Gasteiger charge is 2.35. The molecule has 0 radical (unpaired) electrons. The predicted molar refractivity (Wildman–Crippen MR) is 107 cm³/mol. The van der Waals surface area contributed by atoms with Crippen LogP contribution in [0.15, 0.2) is 46.9 Å². The van der Waals surface area contributed by atoms with Crippen molar-refractivity contribution in [1.82, 2.24) is 10.9 Å². The first-order valence-electron chi connectivity index (χ1n) is 7.96. The number of carbonyl (C=O) groups excluding carboxylic acids is 3. The lowest BCUT2D eigenvalue weighted by atomic mass is 10.1. The molecule has 3 amide bonds. The van der Waals surface area contributed by atoms with Gasteiger partial charge in [-0.2, -0.15) is 0 Å². The van der Waals surface area contributed by atoms with E-state index < -0.39 is 17.7 Å². The number of carbonyl (C=O) groups is 3. The van der Waals surface area contributed by atoms with Crippen LogP contribution in [-0.2, 0) is 9.59 Å². The van der Waals surface area contributed by atoms with Crippen molar-refractivity contribution in [2.75, 3.05) is 11.4 Å². The smallest absolute Gasteiger partial charge is 0.269 e. The quantitative estimate of drug-likeness (QED) is 0.673. The summed E-state index contributed by atoms with van der Waals surface area (Å²) in [4.78, 5) is 38.2. The molecule has 0 aliphatic carbocycles. The standard InChI is InChI=1S/C18H14BrCl2N3O3/c19-12-2-4-13(5-3-12)24-9-11(8-16(24)25)18(27)23-22-17(26)10-1-6-14(20)15(21)7-10/h1-7,11H,8-9H2,(H,22,26)(H,23,27)/t11-/m1/s1. The summed E-state index contributed by atoms with van der Waals surface area (Å²) in [6.07, 6.45) is 0.0739. The van der Waals surface area contributed by atoms with Gasteiger partial charge in [-0.15, -0.1) is 0 Å². The SMILES string of the molecule is O=C(NNC(=O)[C@@H]1CC(=O)N(c2ccc(Br)cc2)C1)c1ccc(Cl)c(Cl)c1. The molecule has 3 rings (SSSR count). The Morgan fingerprint density at radius 2 is 1.74 bits per heavy atom. The Morgan fingerprint density at radius 3 is 2.41 bits per heavy atom. The lowest BCUT2D eigenvalue weighted by Gasteiger charge is -2.17. The van der Waals surface area contributed by atoms with Gasteiger partial charge in [0.25, 0.3) is 5.91 Å². The molecule has 9 heteroatoms. The summed E-state index contributed by atoms with van der Waals surface area (Å²) in [5, 5.41) is 0.567. The number of rotatable bonds is 3. The highest BCUT2D eigenvalue weighted by molar-refractivity contribution is 9.10. The minimum atomic E-state index is -0.560. The molecule has 0 saturated carbocycles. The van der Waals surface area contributed by atoms with Gasteiger partial charge in [0.15, 0.2) is 0 Å². The van der Waals surface area contributed by atoms with Crippen molar-refractivity contribution in [2.24, 2.45) is 5.92 Å².